The van der Waals surface area contributed by atoms with Crippen molar-refractivity contribution in [3.05, 3.63) is 121 Å². The van der Waals surface area contributed by atoms with Crippen LogP contribution in [0.1, 0.15) is 74.9 Å². The van der Waals surface area contributed by atoms with Crippen LogP contribution in [0.15, 0.2) is 103 Å². The maximum absolute atomic E-state index is 14.1. The topological polar surface area (TPSA) is 172 Å². The van der Waals surface area contributed by atoms with Gasteiger partial charge >= 0.3 is 0 Å². The van der Waals surface area contributed by atoms with Gasteiger partial charge in [0, 0.05) is 25.8 Å². The Bertz CT molecular complexity index is 2540. The quantitative estimate of drug-likeness (QED) is 0.0717. The van der Waals surface area contributed by atoms with Crippen molar-refractivity contribution in [3.63, 3.8) is 0 Å². The number of rotatable bonds is 15. The molecule has 8 rings (SSSR count). The summed E-state index contributed by atoms with van der Waals surface area (Å²) in [6, 6.07) is 28.8. The molecule has 2 aliphatic heterocycles. The van der Waals surface area contributed by atoms with Gasteiger partial charge in [-0.15, -0.1) is 0 Å². The second-order valence-electron chi connectivity index (χ2n) is 17.2. The Balaban J connectivity index is 0.938. The van der Waals surface area contributed by atoms with Gasteiger partial charge in [0.25, 0.3) is 0 Å². The molecule has 2 aliphatic rings. The Labute approximate surface area is 368 Å². The molecule has 2 aromatic heterocycles. The number of H-pyrrole nitrogens is 2. The first kappa shape index (κ1) is 43.5. The van der Waals surface area contributed by atoms with Crippen molar-refractivity contribution in [2.45, 2.75) is 70.1 Å². The molecule has 0 aliphatic carbocycles. The molecule has 3 amide bonds. The zero-order valence-electron chi connectivity index (χ0n) is 36.5. The lowest BCUT2D eigenvalue weighted by atomic mass is 9.98. The Kier molecular flexibility index (Phi) is 13.1. The number of nitrogens with zero attached hydrogens (tertiary/aromatic N) is 5. The van der Waals surface area contributed by atoms with E-state index >= 15 is 0 Å². The van der Waals surface area contributed by atoms with Crippen molar-refractivity contribution in [1.82, 2.24) is 45.3 Å². The highest BCUT2D eigenvalue weighted by molar-refractivity contribution is 5.91. The van der Waals surface area contributed by atoms with Crippen molar-refractivity contribution in [2.24, 2.45) is 5.92 Å². The van der Waals surface area contributed by atoms with Crippen molar-refractivity contribution >= 4 is 28.5 Å². The van der Waals surface area contributed by atoms with E-state index in [9.17, 15) is 19.5 Å². The number of nitrogens with one attached hydrogen (secondary N) is 4. The minimum absolute atomic E-state index is 0.0461. The molecule has 4 aromatic carbocycles. The number of likely N-dealkylation sites (N-methyl/N-ethyl adjacent to an activating group) is 1. The van der Waals surface area contributed by atoms with Crippen molar-refractivity contribution in [2.75, 3.05) is 40.8 Å². The average molecular weight is 852 g/mol. The third-order valence-corrected chi connectivity index (χ3v) is 12.2. The largest absolute Gasteiger partial charge is 0.356 e. The van der Waals surface area contributed by atoms with Crippen LogP contribution in [0.2, 0.25) is 0 Å². The molecule has 2 fully saturated rings. The monoisotopic (exact) mass is 851 g/mol. The molecule has 63 heavy (non-hydrogen) atoms. The molecular formula is C49H57N9O5. The lowest BCUT2D eigenvalue weighted by Gasteiger charge is -2.31. The van der Waals surface area contributed by atoms with E-state index in [0.29, 0.717) is 13.1 Å². The van der Waals surface area contributed by atoms with Gasteiger partial charge in [0.1, 0.15) is 17.7 Å². The summed E-state index contributed by atoms with van der Waals surface area (Å²) in [5, 5.41) is 18.1. The van der Waals surface area contributed by atoms with E-state index in [0.717, 1.165) is 87.3 Å². The SMILES string of the molecule is COC(O)N[C@H](C(=O)N1CCC[C@H]1c1ncc(-c2ccc3cc(-c4ccc(-c5cnc([C@@H]6CCCN6C(=O)[C@H](NC(=O)CN(C)C)c6ccccc6)[nH]5)cc4)ccc3c2)[nH]1)C(C)C. The third-order valence-electron chi connectivity index (χ3n) is 12.2. The highest BCUT2D eigenvalue weighted by Crippen LogP contribution is 2.36. The van der Waals surface area contributed by atoms with E-state index < -0.39 is 18.5 Å². The fourth-order valence-corrected chi connectivity index (χ4v) is 8.91. The van der Waals surface area contributed by atoms with Gasteiger partial charge in [-0.2, -0.15) is 0 Å². The number of aromatic nitrogens is 4. The summed E-state index contributed by atoms with van der Waals surface area (Å²) in [4.78, 5) is 62.6. The second kappa shape index (κ2) is 19.1. The van der Waals surface area contributed by atoms with Crippen molar-refractivity contribution in [1.29, 1.82) is 0 Å². The first-order valence-corrected chi connectivity index (χ1v) is 21.8. The number of ether oxygens (including phenoxy) is 1. The number of benzene rings is 4. The number of aliphatic hydroxyl groups excluding tert-OH is 1. The molecule has 0 spiro atoms. The Morgan fingerprint density at radius 1 is 0.762 bits per heavy atom. The molecule has 0 bridgehead atoms. The van der Waals surface area contributed by atoms with Gasteiger partial charge < -0.3 is 39.8 Å². The number of aromatic amines is 2. The first-order valence-electron chi connectivity index (χ1n) is 21.8. The molecule has 0 saturated carbocycles. The van der Waals surface area contributed by atoms with E-state index in [1.54, 1.807) is 4.90 Å². The minimum Gasteiger partial charge on any atom is -0.356 e. The lowest BCUT2D eigenvalue weighted by Crippen LogP contribution is -2.52. The van der Waals surface area contributed by atoms with Gasteiger partial charge in [-0.05, 0) is 90.9 Å². The number of likely N-dealkylation sites (tertiary alicyclic amines) is 2. The summed E-state index contributed by atoms with van der Waals surface area (Å²) in [5.74, 6) is 1.01. The minimum atomic E-state index is -1.23. The van der Waals surface area contributed by atoms with Gasteiger partial charge in [-0.3, -0.25) is 19.7 Å². The summed E-state index contributed by atoms with van der Waals surface area (Å²) in [6.45, 7) is 5.29. The molecule has 6 aromatic rings. The predicted octanol–water partition coefficient (Wildman–Crippen LogP) is 6.57. The average Bonchev–Trinajstić information content (AvgIpc) is 4.14. The Morgan fingerprint density at radius 2 is 1.30 bits per heavy atom. The Hall–Kier alpha value is -6.19. The molecule has 2 saturated heterocycles. The fourth-order valence-electron chi connectivity index (χ4n) is 8.91. The smallest absolute Gasteiger partial charge is 0.250 e. The maximum atomic E-state index is 14.1. The number of hydrogen-bond acceptors (Lipinski definition) is 9. The normalized spacial score (nSPS) is 18.0. The van der Waals surface area contributed by atoms with E-state index in [-0.39, 0.29) is 42.3 Å². The van der Waals surface area contributed by atoms with Crippen LogP contribution in [-0.4, -0.2) is 111 Å². The number of hydrogen-bond donors (Lipinski definition) is 5. The van der Waals surface area contributed by atoms with Gasteiger partial charge in [0.05, 0.1) is 48.5 Å². The number of carbonyl (C=O) groups excluding carboxylic acids is 3. The maximum Gasteiger partial charge on any atom is 0.250 e. The molecule has 1 unspecified atom stereocenters. The van der Waals surface area contributed by atoms with Gasteiger partial charge in [0.15, 0.2) is 0 Å². The molecular weight excluding hydrogens is 795 g/mol. The lowest BCUT2D eigenvalue weighted by molar-refractivity contribution is -0.145. The van der Waals surface area contributed by atoms with Gasteiger partial charge in [-0.1, -0.05) is 92.7 Å². The van der Waals surface area contributed by atoms with E-state index in [2.05, 4.69) is 81.3 Å². The molecule has 5 N–H and O–H groups in total. The molecule has 0 radical (unpaired) electrons. The van der Waals surface area contributed by atoms with E-state index in [1.807, 2.05) is 80.5 Å². The van der Waals surface area contributed by atoms with Crippen LogP contribution in [0, 0.1) is 5.92 Å². The van der Waals surface area contributed by atoms with Crippen LogP contribution in [-0.2, 0) is 19.1 Å². The molecule has 328 valence electrons. The summed E-state index contributed by atoms with van der Waals surface area (Å²) >= 11 is 0. The molecule has 14 nitrogen and oxygen atoms in total. The number of carbonyl (C=O) groups is 3. The van der Waals surface area contributed by atoms with Crippen molar-refractivity contribution in [3.8, 4) is 33.6 Å². The summed E-state index contributed by atoms with van der Waals surface area (Å²) < 4.78 is 4.97. The zero-order valence-corrected chi connectivity index (χ0v) is 36.5. The number of fused-ring (bicyclic) bond motifs is 1. The number of amides is 3. The van der Waals surface area contributed by atoms with Gasteiger partial charge in [0.2, 0.25) is 24.1 Å². The number of imidazole rings is 2. The van der Waals surface area contributed by atoms with E-state index in [1.165, 1.54) is 7.11 Å². The number of methoxy groups -OCH3 is 1. The van der Waals surface area contributed by atoms with Crippen molar-refractivity contribution < 1.29 is 24.2 Å². The third kappa shape index (κ3) is 9.59. The van der Waals surface area contributed by atoms with Crippen LogP contribution < -0.4 is 10.6 Å². The predicted molar refractivity (Wildman–Crippen MR) is 243 cm³/mol. The zero-order chi connectivity index (χ0) is 44.2. The van der Waals surface area contributed by atoms with Crippen LogP contribution in [0.3, 0.4) is 0 Å². The fraction of sp³-hybridized carbons (Fsp3) is 0.367. The van der Waals surface area contributed by atoms with Crippen LogP contribution in [0.5, 0.6) is 0 Å². The highest BCUT2D eigenvalue weighted by atomic mass is 16.6. The van der Waals surface area contributed by atoms with Crippen LogP contribution in [0.4, 0.5) is 0 Å². The highest BCUT2D eigenvalue weighted by Gasteiger charge is 2.38. The second-order valence-corrected chi connectivity index (χ2v) is 17.2. The van der Waals surface area contributed by atoms with Crippen LogP contribution in [0.25, 0.3) is 44.4 Å². The molecule has 14 heteroatoms. The molecule has 5 atom stereocenters. The first-order chi connectivity index (χ1) is 30.5. The summed E-state index contributed by atoms with van der Waals surface area (Å²) in [6.07, 6.45) is 5.73. The summed E-state index contributed by atoms with van der Waals surface area (Å²) in [7, 11) is 5.05. The summed E-state index contributed by atoms with van der Waals surface area (Å²) in [5.41, 5.74) is 6.68. The van der Waals surface area contributed by atoms with Crippen LogP contribution >= 0.6 is 0 Å². The number of aliphatic hydroxyl groups is 1. The Morgan fingerprint density at radius 3 is 1.89 bits per heavy atom. The standard InChI is InChI=1S/C49H57N9O5/c1-30(2)43(55-49(62)63-5)47(60)57-23-9-13-40(57)46-51-28-39(53-46)37-22-21-35-25-34(19-20-36(35)26-37)31-15-17-32(18-16-31)38-27-50-45(52-38)41-14-10-24-58(41)48(61)44(33-11-7-6-8-12-33)54-42(59)29-56(3)4/h6-8,11-12,15-22,25-28,30,40-41,43-44,49,55,62H,9-10,13-14,23-24,29H2,1-5H3,(H,50,52)(H,51,53)(H,54,59)/t40-,41-,43-,44+,49?/m0/s1. The molecule has 4 heterocycles. The van der Waals surface area contributed by atoms with Gasteiger partial charge in [-0.25, -0.2) is 9.97 Å². The van der Waals surface area contributed by atoms with E-state index in [4.69, 9.17) is 14.7 Å².